The maximum Gasteiger partial charge on any atom is 0.421 e. The first-order valence-electron chi connectivity index (χ1n) is 15.0. The zero-order valence-electron chi connectivity index (χ0n) is 25.3. The van der Waals surface area contributed by atoms with Gasteiger partial charge in [-0.2, -0.15) is 45.1 Å². The Labute approximate surface area is 267 Å². The van der Waals surface area contributed by atoms with E-state index in [1.54, 1.807) is 0 Å². The van der Waals surface area contributed by atoms with Crippen molar-refractivity contribution in [3.05, 3.63) is 47.1 Å². The highest BCUT2D eigenvalue weighted by atomic mass is 19.4. The lowest BCUT2D eigenvalue weighted by molar-refractivity contribution is -0.141. The molecule has 18 heteroatoms. The van der Waals surface area contributed by atoms with Gasteiger partial charge < -0.3 is 20.7 Å². The summed E-state index contributed by atoms with van der Waals surface area (Å²) in [6, 6.07) is 0.00971. The Morgan fingerprint density at radius 1 is 1.00 bits per heavy atom. The van der Waals surface area contributed by atoms with Gasteiger partial charge in [-0.1, -0.05) is 0 Å². The summed E-state index contributed by atoms with van der Waals surface area (Å²) in [6.45, 7) is 2.84. The lowest BCUT2D eigenvalue weighted by atomic mass is 9.95. The zero-order valence-corrected chi connectivity index (χ0v) is 25.3. The van der Waals surface area contributed by atoms with Crippen LogP contribution >= 0.6 is 0 Å². The summed E-state index contributed by atoms with van der Waals surface area (Å²) >= 11 is 0. The predicted octanol–water partition coefficient (Wildman–Crippen LogP) is 6.55. The first-order chi connectivity index (χ1) is 22.4. The molecule has 2 aromatic heterocycles. The molecule has 260 valence electrons. The molecule has 0 saturated carbocycles. The van der Waals surface area contributed by atoms with Crippen molar-refractivity contribution in [1.29, 1.82) is 0 Å². The minimum absolute atomic E-state index is 0.00549. The molecule has 0 spiro atoms. The molecule has 1 aromatic carbocycles. The number of piperazine rings is 1. The molecule has 6 rings (SSSR count). The van der Waals surface area contributed by atoms with Crippen LogP contribution in [0.2, 0.25) is 0 Å². The topological polar surface area (TPSA) is 92.4 Å². The summed E-state index contributed by atoms with van der Waals surface area (Å²) in [5.41, 5.74) is -4.88. The van der Waals surface area contributed by atoms with Gasteiger partial charge in [-0.3, -0.25) is 4.90 Å². The lowest BCUT2D eigenvalue weighted by Gasteiger charge is -2.40. The van der Waals surface area contributed by atoms with E-state index in [-0.39, 0.29) is 43.7 Å². The van der Waals surface area contributed by atoms with E-state index in [0.29, 0.717) is 12.1 Å². The van der Waals surface area contributed by atoms with Crippen molar-refractivity contribution in [3.8, 4) is 17.3 Å². The Hall–Kier alpha value is -3.93. The third kappa shape index (κ3) is 6.19. The molecule has 3 aromatic rings. The number of pyridine rings is 1. The average molecular weight is 694 g/mol. The third-order valence-corrected chi connectivity index (χ3v) is 9.15. The minimum atomic E-state index is -5.60. The Kier molecular flexibility index (Phi) is 8.41. The number of aromatic nitrogens is 3. The number of halogens is 10. The summed E-state index contributed by atoms with van der Waals surface area (Å²) in [4.78, 5) is 15.2. The van der Waals surface area contributed by atoms with Gasteiger partial charge in [0.2, 0.25) is 0 Å². The normalized spacial score (nSPS) is 21.5. The average Bonchev–Trinajstić information content (AvgIpc) is 3.54. The number of ether oxygens (including phenoxy) is 1. The number of nitrogens with two attached hydrogens (primary N) is 1. The fourth-order valence-electron chi connectivity index (χ4n) is 7.12. The fraction of sp³-hybridized carbons (Fsp3) is 0.500. The van der Waals surface area contributed by atoms with Crippen LogP contribution in [0.1, 0.15) is 43.7 Å². The monoisotopic (exact) mass is 693 g/mol. The predicted molar refractivity (Wildman–Crippen MR) is 154 cm³/mol. The highest BCUT2D eigenvalue weighted by Gasteiger charge is 2.46. The van der Waals surface area contributed by atoms with Gasteiger partial charge in [-0.25, -0.2) is 13.8 Å². The van der Waals surface area contributed by atoms with E-state index in [1.165, 1.54) is 11.8 Å². The Morgan fingerprint density at radius 3 is 2.31 bits per heavy atom. The van der Waals surface area contributed by atoms with Crippen molar-refractivity contribution in [2.75, 3.05) is 50.0 Å². The second-order valence-corrected chi connectivity index (χ2v) is 12.5. The van der Waals surface area contributed by atoms with Crippen LogP contribution in [0.25, 0.3) is 22.2 Å². The molecule has 48 heavy (non-hydrogen) atoms. The molecule has 3 aliphatic heterocycles. The number of fused-ring (bicyclic) bond motifs is 2. The van der Waals surface area contributed by atoms with Crippen molar-refractivity contribution in [2.45, 2.75) is 56.0 Å². The van der Waals surface area contributed by atoms with Gasteiger partial charge in [0.15, 0.2) is 5.82 Å². The summed E-state index contributed by atoms with van der Waals surface area (Å²) < 4.78 is 150. The van der Waals surface area contributed by atoms with E-state index in [4.69, 9.17) is 10.5 Å². The van der Waals surface area contributed by atoms with Gasteiger partial charge >= 0.3 is 18.4 Å². The van der Waals surface area contributed by atoms with Crippen LogP contribution in [0, 0.1) is 11.6 Å². The smallest absolute Gasteiger partial charge is 0.421 e. The molecule has 0 amide bonds. The summed E-state index contributed by atoms with van der Waals surface area (Å²) in [7, 11) is 0. The van der Waals surface area contributed by atoms with Gasteiger partial charge in [-0.05, 0) is 51.8 Å². The van der Waals surface area contributed by atoms with Crippen LogP contribution in [0.15, 0.2) is 24.3 Å². The van der Waals surface area contributed by atoms with Crippen molar-refractivity contribution >= 4 is 22.5 Å². The Morgan fingerprint density at radius 2 is 1.69 bits per heavy atom. The number of alkyl halides is 6. The number of nitrogens with zero attached hydrogens (tertiary/aromatic N) is 5. The minimum Gasteiger partial charge on any atom is -0.461 e. The third-order valence-electron chi connectivity index (χ3n) is 9.15. The molecule has 0 radical (unpaired) electrons. The zero-order chi connectivity index (χ0) is 34.8. The van der Waals surface area contributed by atoms with E-state index < -0.39 is 80.7 Å². The molecule has 0 bridgehead atoms. The van der Waals surface area contributed by atoms with Crippen molar-refractivity contribution in [1.82, 2.24) is 25.2 Å². The molecule has 3 saturated heterocycles. The number of benzene rings is 1. The SMILES string of the molecule is CC1(C=C(F)F)CN(c2nc(OCC34CCCN3CCC4)nc3c(F)c(-c4nc(N)cc(F)c4C(F)(F)F)c(C(F)(F)F)cc23)CCN1. The van der Waals surface area contributed by atoms with Gasteiger partial charge in [0, 0.05) is 37.2 Å². The number of nitrogens with one attached hydrogen (secondary N) is 1. The highest BCUT2D eigenvalue weighted by Crippen LogP contribution is 2.47. The number of hydrogen-bond acceptors (Lipinski definition) is 8. The van der Waals surface area contributed by atoms with Crippen LogP contribution < -0.4 is 20.7 Å². The molecule has 3 N–H and O–H groups in total. The summed E-state index contributed by atoms with van der Waals surface area (Å²) in [5.74, 6) is -5.23. The molecule has 1 unspecified atom stereocenters. The lowest BCUT2D eigenvalue weighted by Crippen LogP contribution is -2.58. The molecule has 1 atom stereocenters. The molecule has 8 nitrogen and oxygen atoms in total. The van der Waals surface area contributed by atoms with Gasteiger partial charge in [-0.15, -0.1) is 0 Å². The maximum atomic E-state index is 16.6. The molecule has 3 aliphatic rings. The van der Waals surface area contributed by atoms with Crippen molar-refractivity contribution < 1.29 is 48.6 Å². The Bertz CT molecular complexity index is 1770. The molecule has 5 heterocycles. The first kappa shape index (κ1) is 34.0. The van der Waals surface area contributed by atoms with Crippen LogP contribution in [0.4, 0.5) is 55.5 Å². The van der Waals surface area contributed by atoms with Crippen molar-refractivity contribution in [2.24, 2.45) is 0 Å². The quantitative estimate of drug-likeness (QED) is 0.281. The Balaban J connectivity index is 1.60. The second kappa shape index (κ2) is 11.9. The largest absolute Gasteiger partial charge is 0.461 e. The van der Waals surface area contributed by atoms with Crippen molar-refractivity contribution in [3.63, 3.8) is 0 Å². The maximum absolute atomic E-state index is 16.6. The van der Waals surface area contributed by atoms with E-state index in [1.807, 2.05) is 0 Å². The van der Waals surface area contributed by atoms with Gasteiger partial charge in [0.05, 0.1) is 27.9 Å². The van der Waals surface area contributed by atoms with E-state index in [9.17, 15) is 39.5 Å². The fourth-order valence-corrected chi connectivity index (χ4v) is 7.12. The van der Waals surface area contributed by atoms with E-state index in [0.717, 1.165) is 38.8 Å². The summed E-state index contributed by atoms with van der Waals surface area (Å²) in [6.07, 6.45) is -9.22. The van der Waals surface area contributed by atoms with E-state index >= 15 is 4.39 Å². The molecule has 0 aliphatic carbocycles. The standard InChI is InChI=1S/C30H29F10N7O/c1-27(12-18(32)33)13-46(9-6-42-27)25-15-10-16(29(35,36)37)20(24-21(30(38,39)40)17(31)11-19(41)43-24)22(34)23(15)44-26(45-25)48-14-28-4-2-7-47(28)8-3-5-28/h10-12,42H,2-9,13-14H2,1H3,(H2,41,43). The number of nitrogen functional groups attached to an aromatic ring is 1. The number of rotatable bonds is 6. The first-order valence-corrected chi connectivity index (χ1v) is 15.0. The number of hydrogen-bond donors (Lipinski definition) is 2. The van der Waals surface area contributed by atoms with Gasteiger partial charge in [0.1, 0.15) is 35.1 Å². The van der Waals surface area contributed by atoms with Crippen LogP contribution in [-0.4, -0.2) is 70.3 Å². The molecular weight excluding hydrogens is 664 g/mol. The van der Waals surface area contributed by atoms with Crippen LogP contribution in [-0.2, 0) is 12.4 Å². The van der Waals surface area contributed by atoms with Crippen LogP contribution in [0.3, 0.4) is 0 Å². The molecular formula is C30H29F10N7O. The second-order valence-electron chi connectivity index (χ2n) is 12.5. The van der Waals surface area contributed by atoms with Gasteiger partial charge in [0.25, 0.3) is 6.08 Å². The van der Waals surface area contributed by atoms with E-state index in [2.05, 4.69) is 25.2 Å². The number of anilines is 2. The highest BCUT2D eigenvalue weighted by molar-refractivity contribution is 5.95. The summed E-state index contributed by atoms with van der Waals surface area (Å²) in [5, 5.41) is 2.30. The van der Waals surface area contributed by atoms with Crippen LogP contribution in [0.5, 0.6) is 6.01 Å². The molecule has 3 fully saturated rings.